The van der Waals surface area contributed by atoms with E-state index in [1.165, 1.54) is 41.5 Å². The largest absolute Gasteiger partial charge is 0.445 e. The summed E-state index contributed by atoms with van der Waals surface area (Å²) in [6.07, 6.45) is 3.40. The number of benzene rings is 3. The van der Waals surface area contributed by atoms with Crippen molar-refractivity contribution in [1.82, 2.24) is 15.0 Å². The Labute approximate surface area is 236 Å². The Bertz CT molecular complexity index is 1800. The number of anilines is 1. The normalized spacial score (nSPS) is 11.4. The second-order valence-corrected chi connectivity index (χ2v) is 11.2. The number of nitrogens with zero attached hydrogens (tertiary/aromatic N) is 3. The van der Waals surface area contributed by atoms with Crippen LogP contribution in [-0.4, -0.2) is 43.0 Å². The summed E-state index contributed by atoms with van der Waals surface area (Å²) in [6, 6.07) is 17.5. The van der Waals surface area contributed by atoms with Crippen molar-refractivity contribution in [3.05, 3.63) is 107 Å². The molecule has 0 aliphatic carbocycles. The molecule has 0 unspecified atom stereocenters. The number of carbonyl (C=O) groups is 1. The minimum atomic E-state index is -4.07. The van der Waals surface area contributed by atoms with Gasteiger partial charge in [-0.3, -0.25) is 4.79 Å². The Morgan fingerprint density at radius 3 is 2.46 bits per heavy atom. The number of hydrogen-bond acceptors (Lipinski definition) is 7. The fourth-order valence-corrected chi connectivity index (χ4v) is 5.65. The minimum absolute atomic E-state index is 0.0503. The lowest BCUT2D eigenvalue weighted by atomic mass is 9.95. The predicted octanol–water partition coefficient (Wildman–Crippen LogP) is 5.87. The molecule has 1 N–H and O–H groups in total. The molecule has 1 amide bonds. The molecule has 0 fully saturated rings. The van der Waals surface area contributed by atoms with Gasteiger partial charge in [-0.15, -0.1) is 0 Å². The highest BCUT2D eigenvalue weighted by molar-refractivity contribution is 7.92. The van der Waals surface area contributed by atoms with E-state index in [2.05, 4.69) is 14.9 Å². The van der Waals surface area contributed by atoms with Gasteiger partial charge in [-0.1, -0.05) is 29.4 Å². The van der Waals surface area contributed by atoms with Gasteiger partial charge in [-0.25, -0.2) is 22.5 Å². The number of oxazole rings is 1. The molecule has 5 rings (SSSR count). The standard InChI is InChI=1S/C30H27FN4O5S/c1-19-20(2)33-40-28(19)34-41(37,38)27-7-5-4-6-26(27)25-13-10-23(29-32-15-17-39-29)18-22(25)14-16-35(3)30(36)21-8-11-24(31)12-9-21/h4-13,15,17-18,34H,14,16H2,1-3H3. The van der Waals surface area contributed by atoms with E-state index < -0.39 is 15.8 Å². The molecule has 2 aromatic heterocycles. The SMILES string of the molecule is Cc1noc(NS(=O)(=O)c2ccccc2-c2ccc(-c3ncco3)cc2CCN(C)C(=O)c2ccc(F)cc2)c1C. The summed E-state index contributed by atoms with van der Waals surface area (Å²) >= 11 is 0. The Morgan fingerprint density at radius 1 is 1.02 bits per heavy atom. The van der Waals surface area contributed by atoms with Crippen molar-refractivity contribution in [2.75, 3.05) is 18.3 Å². The highest BCUT2D eigenvalue weighted by atomic mass is 32.2. The van der Waals surface area contributed by atoms with Gasteiger partial charge in [-0.2, -0.15) is 0 Å². The predicted molar refractivity (Wildman–Crippen MR) is 151 cm³/mol. The van der Waals surface area contributed by atoms with E-state index >= 15 is 0 Å². The Balaban J connectivity index is 1.51. The molecule has 0 radical (unpaired) electrons. The van der Waals surface area contributed by atoms with E-state index in [0.29, 0.717) is 52.4 Å². The van der Waals surface area contributed by atoms with Crippen LogP contribution in [0.25, 0.3) is 22.6 Å². The second kappa shape index (κ2) is 11.4. The zero-order chi connectivity index (χ0) is 29.1. The van der Waals surface area contributed by atoms with Crippen LogP contribution in [0.5, 0.6) is 0 Å². The molecule has 3 aromatic carbocycles. The summed E-state index contributed by atoms with van der Waals surface area (Å²) < 4.78 is 53.6. The van der Waals surface area contributed by atoms with Crippen molar-refractivity contribution in [2.45, 2.75) is 25.2 Å². The first kappa shape index (κ1) is 27.8. The number of aromatic nitrogens is 2. The molecular weight excluding hydrogens is 547 g/mol. The number of aryl methyl sites for hydroxylation is 1. The third kappa shape index (κ3) is 5.90. The molecule has 2 heterocycles. The molecule has 41 heavy (non-hydrogen) atoms. The fraction of sp³-hybridized carbons (Fsp3) is 0.167. The molecular formula is C30H27FN4O5S. The highest BCUT2D eigenvalue weighted by Crippen LogP contribution is 2.34. The molecule has 0 spiro atoms. The first-order chi connectivity index (χ1) is 19.6. The highest BCUT2D eigenvalue weighted by Gasteiger charge is 2.24. The topological polar surface area (TPSA) is 119 Å². The third-order valence-corrected chi connectivity index (χ3v) is 8.18. The van der Waals surface area contributed by atoms with E-state index in [9.17, 15) is 17.6 Å². The lowest BCUT2D eigenvalue weighted by molar-refractivity contribution is 0.0796. The number of carbonyl (C=O) groups excluding carboxylic acids is 1. The smallest absolute Gasteiger partial charge is 0.264 e. The van der Waals surface area contributed by atoms with Gasteiger partial charge in [-0.05, 0) is 73.9 Å². The van der Waals surface area contributed by atoms with Crippen molar-refractivity contribution in [2.24, 2.45) is 0 Å². The molecule has 11 heteroatoms. The van der Waals surface area contributed by atoms with Crippen LogP contribution in [0, 0.1) is 19.7 Å². The van der Waals surface area contributed by atoms with Crippen LogP contribution in [0.15, 0.2) is 93.0 Å². The monoisotopic (exact) mass is 574 g/mol. The van der Waals surface area contributed by atoms with E-state index in [0.717, 1.165) is 5.56 Å². The van der Waals surface area contributed by atoms with Crippen molar-refractivity contribution in [3.8, 4) is 22.6 Å². The van der Waals surface area contributed by atoms with E-state index in [1.54, 1.807) is 51.4 Å². The summed E-state index contributed by atoms with van der Waals surface area (Å²) in [7, 11) is -2.41. The number of amides is 1. The Kier molecular flexibility index (Phi) is 7.71. The summed E-state index contributed by atoms with van der Waals surface area (Å²) in [5.74, 6) is -0.223. The lowest BCUT2D eigenvalue weighted by Crippen LogP contribution is -2.29. The number of rotatable bonds is 9. The number of nitrogens with one attached hydrogen (secondary N) is 1. The van der Waals surface area contributed by atoms with Crippen LogP contribution in [0.3, 0.4) is 0 Å². The number of sulfonamides is 1. The van der Waals surface area contributed by atoms with Gasteiger partial charge >= 0.3 is 0 Å². The first-order valence-electron chi connectivity index (χ1n) is 12.7. The van der Waals surface area contributed by atoms with E-state index in [1.807, 2.05) is 12.1 Å². The Morgan fingerprint density at radius 2 is 1.78 bits per heavy atom. The average molecular weight is 575 g/mol. The van der Waals surface area contributed by atoms with Crippen LogP contribution in [0.2, 0.25) is 0 Å². The second-order valence-electron chi connectivity index (χ2n) is 9.52. The maximum Gasteiger partial charge on any atom is 0.264 e. The van der Waals surface area contributed by atoms with Gasteiger partial charge < -0.3 is 13.8 Å². The van der Waals surface area contributed by atoms with Gasteiger partial charge in [0.1, 0.15) is 12.1 Å². The van der Waals surface area contributed by atoms with Gasteiger partial charge in [0, 0.05) is 35.8 Å². The molecule has 0 saturated carbocycles. The van der Waals surface area contributed by atoms with Crippen LogP contribution in [-0.2, 0) is 16.4 Å². The summed E-state index contributed by atoms with van der Waals surface area (Å²) in [5.41, 5.74) is 4.14. The van der Waals surface area contributed by atoms with Gasteiger partial charge in [0.05, 0.1) is 16.8 Å². The van der Waals surface area contributed by atoms with Crippen LogP contribution in [0.1, 0.15) is 27.2 Å². The van der Waals surface area contributed by atoms with Crippen LogP contribution >= 0.6 is 0 Å². The lowest BCUT2D eigenvalue weighted by Gasteiger charge is -2.20. The third-order valence-electron chi connectivity index (χ3n) is 6.79. The molecule has 210 valence electrons. The molecule has 0 aliphatic heterocycles. The maximum absolute atomic E-state index is 13.6. The van der Waals surface area contributed by atoms with E-state index in [4.69, 9.17) is 8.94 Å². The van der Waals surface area contributed by atoms with Gasteiger partial charge in [0.2, 0.25) is 11.8 Å². The number of likely N-dealkylation sites (N-methyl/N-ethyl adjacent to an activating group) is 1. The zero-order valence-corrected chi connectivity index (χ0v) is 23.4. The summed E-state index contributed by atoms with van der Waals surface area (Å²) in [5, 5.41) is 3.84. The van der Waals surface area contributed by atoms with Gasteiger partial charge in [0.15, 0.2) is 0 Å². The molecule has 0 saturated heterocycles. The van der Waals surface area contributed by atoms with Crippen molar-refractivity contribution in [3.63, 3.8) is 0 Å². The molecule has 0 bridgehead atoms. The zero-order valence-electron chi connectivity index (χ0n) is 22.6. The minimum Gasteiger partial charge on any atom is -0.445 e. The first-order valence-corrected chi connectivity index (χ1v) is 14.2. The average Bonchev–Trinajstić information content (AvgIpc) is 3.62. The Hall–Kier alpha value is -4.77. The molecule has 9 nitrogen and oxygen atoms in total. The molecule has 5 aromatic rings. The van der Waals surface area contributed by atoms with E-state index in [-0.39, 0.29) is 16.7 Å². The molecule has 0 aliphatic rings. The maximum atomic E-state index is 13.6. The summed E-state index contributed by atoms with van der Waals surface area (Å²) in [4.78, 5) is 18.8. The molecule has 0 atom stereocenters. The van der Waals surface area contributed by atoms with Crippen molar-refractivity contribution >= 4 is 21.8 Å². The number of halogens is 1. The summed E-state index contributed by atoms with van der Waals surface area (Å²) in [6.45, 7) is 3.75. The fourth-order valence-electron chi connectivity index (χ4n) is 4.38. The number of hydrogen-bond donors (Lipinski definition) is 1. The van der Waals surface area contributed by atoms with Crippen molar-refractivity contribution < 1.29 is 26.5 Å². The van der Waals surface area contributed by atoms with Gasteiger partial charge in [0.25, 0.3) is 15.9 Å². The van der Waals surface area contributed by atoms with Crippen LogP contribution in [0.4, 0.5) is 10.3 Å². The van der Waals surface area contributed by atoms with Crippen molar-refractivity contribution in [1.29, 1.82) is 0 Å². The van der Waals surface area contributed by atoms with Crippen LogP contribution < -0.4 is 4.72 Å². The quantitative estimate of drug-likeness (QED) is 0.234.